The number of carbonyl (C=O) groups excluding carboxylic acids is 1. The molecule has 1 atom stereocenters. The van der Waals surface area contributed by atoms with Gasteiger partial charge in [-0.05, 0) is 48.8 Å². The van der Waals surface area contributed by atoms with Gasteiger partial charge in [-0.1, -0.05) is 80.8 Å². The molecule has 9 nitrogen and oxygen atoms in total. The van der Waals surface area contributed by atoms with Crippen molar-refractivity contribution in [2.75, 3.05) is 5.32 Å². The van der Waals surface area contributed by atoms with Gasteiger partial charge in [-0.3, -0.25) is 5.41 Å². The van der Waals surface area contributed by atoms with E-state index in [0.717, 1.165) is 48.4 Å². The summed E-state index contributed by atoms with van der Waals surface area (Å²) in [5.74, 6) is 1.27. The number of imidazole rings is 1. The van der Waals surface area contributed by atoms with Gasteiger partial charge in [0.15, 0.2) is 5.65 Å². The summed E-state index contributed by atoms with van der Waals surface area (Å²) >= 11 is 6.38. The predicted molar refractivity (Wildman–Crippen MR) is 157 cm³/mol. The van der Waals surface area contributed by atoms with Crippen molar-refractivity contribution in [2.24, 2.45) is 17.6 Å². The number of primary amides is 1. The number of benzene rings is 2. The summed E-state index contributed by atoms with van der Waals surface area (Å²) in [5.41, 5.74) is 8.77. The van der Waals surface area contributed by atoms with Crippen LogP contribution in [0.3, 0.4) is 0 Å². The second-order valence-corrected chi connectivity index (χ2v) is 11.0. The molecular formula is C30H34ClN7O2. The summed E-state index contributed by atoms with van der Waals surface area (Å²) < 4.78 is 7.01. The standard InChI is InChI=1S/C30H34ClN7O2/c1-3-23(20-8-5-4-6-9-20)34-30-37-27-25(38(30)17-19-14-12-18(2)13-15-19)24(21-10-7-11-22(31)16-21)35-28(36-27)26(32)40-29(33)39/h4-11,16,18-19,23,32H,3,12-15,17H2,1-2H3,(H2,33,39)(H,34,35,36,37). The smallest absolute Gasteiger partial charge is 0.388 e. The number of hydrogen-bond acceptors (Lipinski definition) is 7. The molecule has 4 N–H and O–H groups in total. The molecule has 40 heavy (non-hydrogen) atoms. The molecule has 1 unspecified atom stereocenters. The molecule has 10 heteroatoms. The molecule has 4 aromatic rings. The number of nitrogens with one attached hydrogen (secondary N) is 2. The molecule has 0 spiro atoms. The van der Waals surface area contributed by atoms with Crippen LogP contribution in [0.5, 0.6) is 0 Å². The second-order valence-electron chi connectivity index (χ2n) is 10.5. The third-order valence-electron chi connectivity index (χ3n) is 7.60. The van der Waals surface area contributed by atoms with E-state index in [4.69, 9.17) is 32.5 Å². The molecule has 2 aromatic heterocycles. The largest absolute Gasteiger partial charge is 0.411 e. The number of rotatable bonds is 8. The topological polar surface area (TPSA) is 132 Å². The van der Waals surface area contributed by atoms with E-state index in [1.165, 1.54) is 12.8 Å². The normalized spacial score (nSPS) is 17.9. The van der Waals surface area contributed by atoms with Crippen LogP contribution in [0.25, 0.3) is 22.4 Å². The zero-order chi connectivity index (χ0) is 28.2. The van der Waals surface area contributed by atoms with E-state index in [9.17, 15) is 4.79 Å². The van der Waals surface area contributed by atoms with Gasteiger partial charge in [0.1, 0.15) is 11.2 Å². The number of amides is 1. The SMILES string of the molecule is CCC(Nc1nc2nc(C(=N)OC(N)=O)nc(-c3cccc(Cl)c3)c2n1CC1CCC(C)CC1)c1ccccc1. The first-order valence-corrected chi connectivity index (χ1v) is 14.1. The molecule has 1 aliphatic carbocycles. The van der Waals surface area contributed by atoms with Crippen molar-refractivity contribution in [1.82, 2.24) is 19.5 Å². The number of nitrogens with two attached hydrogens (primary N) is 1. The molecule has 0 bridgehead atoms. The van der Waals surface area contributed by atoms with Crippen molar-refractivity contribution in [1.29, 1.82) is 5.41 Å². The number of ether oxygens (including phenoxy) is 1. The number of carbonyl (C=O) groups is 1. The van der Waals surface area contributed by atoms with Gasteiger partial charge in [-0.25, -0.2) is 14.8 Å². The van der Waals surface area contributed by atoms with Crippen molar-refractivity contribution in [3.63, 3.8) is 0 Å². The van der Waals surface area contributed by atoms with Gasteiger partial charge in [0.2, 0.25) is 11.8 Å². The number of anilines is 1. The van der Waals surface area contributed by atoms with Crippen LogP contribution >= 0.6 is 11.6 Å². The number of halogens is 1. The van der Waals surface area contributed by atoms with E-state index in [-0.39, 0.29) is 11.9 Å². The third kappa shape index (κ3) is 6.09. The van der Waals surface area contributed by atoms with E-state index in [1.54, 1.807) is 6.07 Å². The maximum atomic E-state index is 11.4. The molecule has 0 aliphatic heterocycles. The third-order valence-corrected chi connectivity index (χ3v) is 7.83. The van der Waals surface area contributed by atoms with Gasteiger partial charge in [-0.2, -0.15) is 4.98 Å². The first kappa shape index (κ1) is 27.6. The van der Waals surface area contributed by atoms with Crippen LogP contribution in [-0.4, -0.2) is 31.5 Å². The summed E-state index contributed by atoms with van der Waals surface area (Å²) in [5, 5.41) is 12.5. The molecule has 1 amide bonds. The van der Waals surface area contributed by atoms with E-state index in [1.807, 2.05) is 36.4 Å². The molecule has 1 aliphatic rings. The lowest BCUT2D eigenvalue weighted by Gasteiger charge is -2.28. The summed E-state index contributed by atoms with van der Waals surface area (Å²) in [6, 6.07) is 17.7. The monoisotopic (exact) mass is 559 g/mol. The highest BCUT2D eigenvalue weighted by atomic mass is 35.5. The van der Waals surface area contributed by atoms with Crippen LogP contribution in [0.4, 0.5) is 10.7 Å². The lowest BCUT2D eigenvalue weighted by atomic mass is 9.83. The Morgan fingerprint density at radius 1 is 1.12 bits per heavy atom. The van der Waals surface area contributed by atoms with Gasteiger partial charge in [0.05, 0.1) is 6.04 Å². The summed E-state index contributed by atoms with van der Waals surface area (Å²) in [6.07, 6.45) is 4.42. The van der Waals surface area contributed by atoms with Crippen LogP contribution in [0, 0.1) is 17.2 Å². The van der Waals surface area contributed by atoms with Gasteiger partial charge >= 0.3 is 6.09 Å². The Morgan fingerprint density at radius 3 is 2.55 bits per heavy atom. The summed E-state index contributed by atoms with van der Waals surface area (Å²) in [6.45, 7) is 5.21. The number of hydrogen-bond donors (Lipinski definition) is 3. The summed E-state index contributed by atoms with van der Waals surface area (Å²) in [7, 11) is 0. The van der Waals surface area contributed by atoms with Gasteiger partial charge in [-0.15, -0.1) is 0 Å². The Morgan fingerprint density at radius 2 is 1.88 bits per heavy atom. The van der Waals surface area contributed by atoms with Crippen molar-refractivity contribution in [2.45, 2.75) is 58.5 Å². The number of fused-ring (bicyclic) bond motifs is 1. The zero-order valence-electron chi connectivity index (χ0n) is 22.7. The van der Waals surface area contributed by atoms with Gasteiger partial charge < -0.3 is 20.4 Å². The fraction of sp³-hybridized carbons (Fsp3) is 0.367. The Labute approximate surface area is 238 Å². The fourth-order valence-corrected chi connectivity index (χ4v) is 5.63. The molecule has 2 heterocycles. The highest BCUT2D eigenvalue weighted by molar-refractivity contribution is 6.30. The predicted octanol–water partition coefficient (Wildman–Crippen LogP) is 6.96. The maximum absolute atomic E-state index is 11.4. The lowest BCUT2D eigenvalue weighted by molar-refractivity contribution is 0.207. The van der Waals surface area contributed by atoms with Crippen LogP contribution < -0.4 is 11.1 Å². The quantitative estimate of drug-likeness (QED) is 0.158. The van der Waals surface area contributed by atoms with Gasteiger partial charge in [0, 0.05) is 17.1 Å². The van der Waals surface area contributed by atoms with Crippen LogP contribution in [0.1, 0.15) is 63.4 Å². The van der Waals surface area contributed by atoms with Crippen molar-refractivity contribution in [3.8, 4) is 11.3 Å². The van der Waals surface area contributed by atoms with Crippen LogP contribution in [-0.2, 0) is 11.3 Å². The minimum absolute atomic E-state index is 0.0293. The molecule has 0 saturated heterocycles. The second kappa shape index (κ2) is 12.0. The minimum Gasteiger partial charge on any atom is -0.388 e. The molecule has 2 aromatic carbocycles. The maximum Gasteiger partial charge on any atom is 0.411 e. The molecule has 5 rings (SSSR count). The first-order valence-electron chi connectivity index (χ1n) is 13.7. The fourth-order valence-electron chi connectivity index (χ4n) is 5.44. The van der Waals surface area contributed by atoms with Crippen LogP contribution in [0.15, 0.2) is 54.6 Å². The average Bonchev–Trinajstić information content (AvgIpc) is 3.29. The lowest BCUT2D eigenvalue weighted by Crippen LogP contribution is -2.21. The highest BCUT2D eigenvalue weighted by Crippen LogP contribution is 2.36. The Kier molecular flexibility index (Phi) is 8.30. The molecular weight excluding hydrogens is 526 g/mol. The van der Waals surface area contributed by atoms with Crippen molar-refractivity contribution >= 4 is 40.7 Å². The molecule has 1 saturated carbocycles. The van der Waals surface area contributed by atoms with Crippen molar-refractivity contribution in [3.05, 3.63) is 71.0 Å². The number of nitrogens with zero attached hydrogens (tertiary/aromatic N) is 4. The Bertz CT molecular complexity index is 1510. The number of aromatic nitrogens is 4. The van der Waals surface area contributed by atoms with Crippen molar-refractivity contribution < 1.29 is 9.53 Å². The average molecular weight is 560 g/mol. The van der Waals surface area contributed by atoms with E-state index in [2.05, 4.69) is 45.8 Å². The Balaban J connectivity index is 1.69. The Hall–Kier alpha value is -3.98. The van der Waals surface area contributed by atoms with Crippen LogP contribution in [0.2, 0.25) is 5.02 Å². The minimum atomic E-state index is -1.11. The first-order chi connectivity index (χ1) is 19.3. The van der Waals surface area contributed by atoms with E-state index >= 15 is 0 Å². The highest BCUT2D eigenvalue weighted by Gasteiger charge is 2.26. The molecule has 1 fully saturated rings. The molecule has 208 valence electrons. The molecule has 0 radical (unpaired) electrons. The van der Waals surface area contributed by atoms with E-state index < -0.39 is 12.0 Å². The van der Waals surface area contributed by atoms with E-state index in [0.29, 0.717) is 28.2 Å². The zero-order valence-corrected chi connectivity index (χ0v) is 23.5. The summed E-state index contributed by atoms with van der Waals surface area (Å²) in [4.78, 5) is 25.6. The van der Waals surface area contributed by atoms with Gasteiger partial charge in [0.25, 0.3) is 5.90 Å².